The minimum Gasteiger partial charge on any atom is -0.457 e. The average molecular weight is 408 g/mol. The Balaban J connectivity index is 1.45. The second-order valence-corrected chi connectivity index (χ2v) is 7.84. The molecule has 2 heterocycles. The molecule has 0 spiro atoms. The van der Waals surface area contributed by atoms with Gasteiger partial charge < -0.3 is 19.9 Å². The maximum atomic E-state index is 13.1. The molecular formula is C24H29N3O3. The summed E-state index contributed by atoms with van der Waals surface area (Å²) in [5, 5.41) is 3.26. The van der Waals surface area contributed by atoms with Gasteiger partial charge in [-0.15, -0.1) is 0 Å². The van der Waals surface area contributed by atoms with E-state index in [2.05, 4.69) is 5.32 Å². The molecule has 0 aromatic heterocycles. The van der Waals surface area contributed by atoms with Crippen LogP contribution in [-0.4, -0.2) is 47.9 Å². The Bertz CT molecular complexity index is 872. The molecule has 30 heavy (non-hydrogen) atoms. The fourth-order valence-corrected chi connectivity index (χ4v) is 4.35. The Morgan fingerprint density at radius 1 is 0.967 bits per heavy atom. The quantitative estimate of drug-likeness (QED) is 0.827. The lowest BCUT2D eigenvalue weighted by atomic mass is 9.91. The van der Waals surface area contributed by atoms with Crippen molar-refractivity contribution in [3.8, 4) is 11.5 Å². The molecule has 0 saturated carbocycles. The summed E-state index contributed by atoms with van der Waals surface area (Å²) in [6.45, 7) is 6.63. The highest BCUT2D eigenvalue weighted by Crippen LogP contribution is 2.42. The highest BCUT2D eigenvalue weighted by atomic mass is 16.5. The van der Waals surface area contributed by atoms with E-state index < -0.39 is 0 Å². The number of rotatable bonds is 4. The normalized spacial score (nSPS) is 16.3. The van der Waals surface area contributed by atoms with Crippen LogP contribution in [0.4, 0.5) is 4.79 Å². The lowest BCUT2D eigenvalue weighted by Crippen LogP contribution is -2.48. The van der Waals surface area contributed by atoms with E-state index in [9.17, 15) is 9.59 Å². The van der Waals surface area contributed by atoms with Gasteiger partial charge in [0.25, 0.3) is 0 Å². The number of hydrogen-bond acceptors (Lipinski definition) is 3. The van der Waals surface area contributed by atoms with Gasteiger partial charge in [-0.1, -0.05) is 36.4 Å². The Morgan fingerprint density at radius 3 is 2.03 bits per heavy atom. The standard InChI is InChI=1S/C24H29N3O3/c1-3-26(4-2)24(29)27-15-13-17(14-16-27)23(28)25-22-18-9-5-7-11-20(18)30-21-12-8-6-10-19(21)22/h5-12,17,22H,3-4,13-16H2,1-2H3,(H,25,28). The van der Waals surface area contributed by atoms with Crippen LogP contribution in [-0.2, 0) is 4.79 Å². The van der Waals surface area contributed by atoms with Crippen molar-refractivity contribution in [1.29, 1.82) is 0 Å². The molecule has 4 rings (SSSR count). The van der Waals surface area contributed by atoms with Crippen molar-refractivity contribution >= 4 is 11.9 Å². The number of ether oxygens (including phenoxy) is 1. The molecular weight excluding hydrogens is 378 g/mol. The fourth-order valence-electron chi connectivity index (χ4n) is 4.35. The number of benzene rings is 2. The van der Waals surface area contributed by atoms with Crippen molar-refractivity contribution in [1.82, 2.24) is 15.1 Å². The van der Waals surface area contributed by atoms with Crippen LogP contribution in [0.5, 0.6) is 11.5 Å². The van der Waals surface area contributed by atoms with Gasteiger partial charge in [0.15, 0.2) is 0 Å². The summed E-state index contributed by atoms with van der Waals surface area (Å²) in [4.78, 5) is 29.4. The number of nitrogens with zero attached hydrogens (tertiary/aromatic N) is 2. The van der Waals surface area contributed by atoms with E-state index in [0.717, 1.165) is 22.6 Å². The van der Waals surface area contributed by atoms with Crippen LogP contribution < -0.4 is 10.1 Å². The summed E-state index contributed by atoms with van der Waals surface area (Å²) in [6, 6.07) is 15.5. The van der Waals surface area contributed by atoms with Crippen LogP contribution in [0.2, 0.25) is 0 Å². The van der Waals surface area contributed by atoms with Gasteiger partial charge in [-0.25, -0.2) is 4.79 Å². The van der Waals surface area contributed by atoms with Gasteiger partial charge >= 0.3 is 6.03 Å². The SMILES string of the molecule is CCN(CC)C(=O)N1CCC(C(=O)NC2c3ccccc3Oc3ccccc32)CC1. The molecule has 0 bridgehead atoms. The van der Waals surface area contributed by atoms with Gasteiger partial charge in [-0.05, 0) is 38.8 Å². The molecule has 0 unspecified atom stereocenters. The predicted molar refractivity (Wildman–Crippen MR) is 116 cm³/mol. The zero-order chi connectivity index (χ0) is 21.1. The van der Waals surface area contributed by atoms with Crippen LogP contribution in [0.1, 0.15) is 43.9 Å². The van der Waals surface area contributed by atoms with Gasteiger partial charge in [0.1, 0.15) is 11.5 Å². The first-order valence-corrected chi connectivity index (χ1v) is 10.8. The number of amides is 3. The van der Waals surface area contributed by atoms with E-state index in [1.54, 1.807) is 0 Å². The van der Waals surface area contributed by atoms with E-state index in [1.807, 2.05) is 72.2 Å². The molecule has 1 saturated heterocycles. The molecule has 2 aliphatic rings. The predicted octanol–water partition coefficient (Wildman–Crippen LogP) is 4.17. The van der Waals surface area contributed by atoms with E-state index in [-0.39, 0.29) is 23.9 Å². The molecule has 3 amide bonds. The average Bonchev–Trinajstić information content (AvgIpc) is 2.79. The van der Waals surface area contributed by atoms with E-state index in [0.29, 0.717) is 39.0 Å². The van der Waals surface area contributed by atoms with E-state index >= 15 is 0 Å². The highest BCUT2D eigenvalue weighted by Gasteiger charge is 2.33. The van der Waals surface area contributed by atoms with Crippen LogP contribution in [0.15, 0.2) is 48.5 Å². The molecule has 0 radical (unpaired) electrons. The molecule has 0 atom stereocenters. The number of carbonyl (C=O) groups excluding carboxylic acids is 2. The Hall–Kier alpha value is -3.02. The van der Waals surface area contributed by atoms with Crippen LogP contribution in [0.3, 0.4) is 0 Å². The van der Waals surface area contributed by atoms with Gasteiger partial charge in [0, 0.05) is 43.2 Å². The summed E-state index contributed by atoms with van der Waals surface area (Å²) >= 11 is 0. The largest absolute Gasteiger partial charge is 0.457 e. The summed E-state index contributed by atoms with van der Waals surface area (Å²) in [6.07, 6.45) is 1.37. The lowest BCUT2D eigenvalue weighted by Gasteiger charge is -2.35. The molecule has 0 aliphatic carbocycles. The van der Waals surface area contributed by atoms with Crippen molar-refractivity contribution < 1.29 is 14.3 Å². The van der Waals surface area contributed by atoms with Crippen molar-refractivity contribution in [2.45, 2.75) is 32.7 Å². The number of urea groups is 1. The van der Waals surface area contributed by atoms with Crippen molar-refractivity contribution in [3.63, 3.8) is 0 Å². The second kappa shape index (κ2) is 8.78. The first-order chi connectivity index (χ1) is 14.6. The number of piperidine rings is 1. The highest BCUT2D eigenvalue weighted by molar-refractivity contribution is 5.81. The van der Waals surface area contributed by atoms with Gasteiger partial charge in [0.05, 0.1) is 6.04 Å². The Morgan fingerprint density at radius 2 is 1.50 bits per heavy atom. The number of para-hydroxylation sites is 2. The molecule has 1 N–H and O–H groups in total. The molecule has 2 aliphatic heterocycles. The van der Waals surface area contributed by atoms with Crippen LogP contribution >= 0.6 is 0 Å². The second-order valence-electron chi connectivity index (χ2n) is 7.84. The summed E-state index contributed by atoms with van der Waals surface area (Å²) in [5.74, 6) is 1.51. The first-order valence-electron chi connectivity index (χ1n) is 10.8. The number of carbonyl (C=O) groups is 2. The van der Waals surface area contributed by atoms with E-state index in [4.69, 9.17) is 4.74 Å². The van der Waals surface area contributed by atoms with Crippen molar-refractivity contribution in [2.75, 3.05) is 26.2 Å². The molecule has 6 nitrogen and oxygen atoms in total. The Kier molecular flexibility index (Phi) is 5.93. The molecule has 1 fully saturated rings. The molecule has 6 heteroatoms. The summed E-state index contributed by atoms with van der Waals surface area (Å²) < 4.78 is 6.02. The van der Waals surface area contributed by atoms with E-state index in [1.165, 1.54) is 0 Å². The molecule has 158 valence electrons. The molecule has 2 aromatic carbocycles. The molecule has 2 aromatic rings. The first kappa shape index (κ1) is 20.3. The minimum absolute atomic E-state index is 0.0430. The number of nitrogens with one attached hydrogen (secondary N) is 1. The summed E-state index contributed by atoms with van der Waals surface area (Å²) in [7, 11) is 0. The maximum Gasteiger partial charge on any atom is 0.319 e. The number of likely N-dealkylation sites (tertiary alicyclic amines) is 1. The maximum absolute atomic E-state index is 13.1. The monoisotopic (exact) mass is 407 g/mol. The van der Waals surface area contributed by atoms with Crippen LogP contribution in [0, 0.1) is 5.92 Å². The minimum atomic E-state index is -0.228. The third-order valence-electron chi connectivity index (χ3n) is 6.14. The fraction of sp³-hybridized carbons (Fsp3) is 0.417. The number of fused-ring (bicyclic) bond motifs is 2. The topological polar surface area (TPSA) is 61.9 Å². The van der Waals surface area contributed by atoms with Gasteiger partial charge in [-0.3, -0.25) is 4.79 Å². The third-order valence-corrected chi connectivity index (χ3v) is 6.14. The smallest absolute Gasteiger partial charge is 0.319 e. The summed E-state index contributed by atoms with van der Waals surface area (Å²) in [5.41, 5.74) is 1.94. The van der Waals surface area contributed by atoms with Crippen molar-refractivity contribution in [3.05, 3.63) is 59.7 Å². The van der Waals surface area contributed by atoms with Crippen molar-refractivity contribution in [2.24, 2.45) is 5.92 Å². The van der Waals surface area contributed by atoms with Crippen LogP contribution in [0.25, 0.3) is 0 Å². The zero-order valence-corrected chi connectivity index (χ0v) is 17.6. The Labute approximate surface area is 177 Å². The van der Waals surface area contributed by atoms with Gasteiger partial charge in [-0.2, -0.15) is 0 Å². The van der Waals surface area contributed by atoms with Gasteiger partial charge in [0.2, 0.25) is 5.91 Å². The lowest BCUT2D eigenvalue weighted by molar-refractivity contribution is -0.126. The zero-order valence-electron chi connectivity index (χ0n) is 17.6. The third kappa shape index (κ3) is 3.86. The number of hydrogen-bond donors (Lipinski definition) is 1.